The first kappa shape index (κ1) is 16.6. The highest BCUT2D eigenvalue weighted by Crippen LogP contribution is 2.14. The van der Waals surface area contributed by atoms with Gasteiger partial charge in [-0.1, -0.05) is 24.3 Å². The molecule has 1 aromatic carbocycles. The van der Waals surface area contributed by atoms with Crippen LogP contribution in [0.25, 0.3) is 0 Å². The molecule has 1 heterocycles. The van der Waals surface area contributed by atoms with Crippen molar-refractivity contribution in [2.24, 2.45) is 0 Å². The lowest BCUT2D eigenvalue weighted by Crippen LogP contribution is -2.26. The number of aliphatic hydroxyl groups excluding tert-OH is 1. The van der Waals surface area contributed by atoms with E-state index in [9.17, 15) is 14.9 Å². The lowest BCUT2D eigenvalue weighted by Gasteiger charge is -2.07. The Kier molecular flexibility index (Phi) is 5.37. The number of aliphatic hydroxyl groups is 1. The number of hydrogen-bond donors (Lipinski definition) is 2. The third-order valence-corrected chi connectivity index (χ3v) is 3.43. The van der Waals surface area contributed by atoms with Gasteiger partial charge >= 0.3 is 0 Å². The van der Waals surface area contributed by atoms with E-state index in [-0.39, 0.29) is 23.8 Å². The third-order valence-electron chi connectivity index (χ3n) is 3.43. The Morgan fingerprint density at radius 2 is 1.96 bits per heavy atom. The first-order valence-corrected chi connectivity index (χ1v) is 7.09. The van der Waals surface area contributed by atoms with Crippen LogP contribution in [0, 0.1) is 17.0 Å². The molecule has 0 radical (unpaired) electrons. The molecule has 0 aliphatic rings. The minimum Gasteiger partial charge on any atom is -0.392 e. The van der Waals surface area contributed by atoms with Crippen molar-refractivity contribution in [2.45, 2.75) is 20.0 Å². The number of nitrogens with one attached hydrogen (secondary N) is 1. The van der Waals surface area contributed by atoms with Crippen molar-refractivity contribution in [2.75, 3.05) is 6.54 Å². The van der Waals surface area contributed by atoms with Gasteiger partial charge in [-0.05, 0) is 24.5 Å². The van der Waals surface area contributed by atoms with Gasteiger partial charge in [0.2, 0.25) is 0 Å². The van der Waals surface area contributed by atoms with Crippen molar-refractivity contribution in [3.8, 4) is 0 Å². The predicted molar refractivity (Wildman–Crippen MR) is 84.0 cm³/mol. The fourth-order valence-corrected chi connectivity index (χ4v) is 2.08. The molecule has 0 saturated heterocycles. The molecule has 0 saturated carbocycles. The van der Waals surface area contributed by atoms with Crippen LogP contribution in [0.1, 0.15) is 27.2 Å². The van der Waals surface area contributed by atoms with Gasteiger partial charge in [0.05, 0.1) is 22.8 Å². The Hall–Kier alpha value is -2.80. The van der Waals surface area contributed by atoms with Gasteiger partial charge in [-0.15, -0.1) is 0 Å². The highest BCUT2D eigenvalue weighted by atomic mass is 16.6. The Morgan fingerprint density at radius 3 is 2.57 bits per heavy atom. The van der Waals surface area contributed by atoms with Gasteiger partial charge in [0, 0.05) is 12.6 Å². The topological polar surface area (TPSA) is 105 Å². The molecule has 1 amide bonds. The fourth-order valence-electron chi connectivity index (χ4n) is 2.08. The fraction of sp³-hybridized carbons (Fsp3) is 0.250. The molecule has 1 aromatic heterocycles. The van der Waals surface area contributed by atoms with Crippen molar-refractivity contribution in [1.82, 2.24) is 10.3 Å². The van der Waals surface area contributed by atoms with Crippen LogP contribution in [-0.2, 0) is 13.0 Å². The van der Waals surface area contributed by atoms with Gasteiger partial charge in [0.15, 0.2) is 0 Å². The molecule has 0 unspecified atom stereocenters. The average molecular weight is 315 g/mol. The number of benzene rings is 1. The van der Waals surface area contributed by atoms with Crippen molar-refractivity contribution < 1.29 is 14.8 Å². The zero-order valence-electron chi connectivity index (χ0n) is 12.7. The summed E-state index contributed by atoms with van der Waals surface area (Å²) in [5.74, 6) is -0.384. The zero-order valence-corrected chi connectivity index (χ0v) is 12.7. The van der Waals surface area contributed by atoms with E-state index in [1.165, 1.54) is 6.07 Å². The van der Waals surface area contributed by atoms with Gasteiger partial charge in [0.25, 0.3) is 11.6 Å². The molecule has 0 bridgehead atoms. The van der Waals surface area contributed by atoms with Crippen LogP contribution in [0.4, 0.5) is 5.69 Å². The summed E-state index contributed by atoms with van der Waals surface area (Å²) in [7, 11) is 0. The van der Waals surface area contributed by atoms with Crippen LogP contribution in [0.3, 0.4) is 0 Å². The number of pyridine rings is 1. The lowest BCUT2D eigenvalue weighted by molar-refractivity contribution is -0.385. The minimum atomic E-state index is -0.577. The monoisotopic (exact) mass is 315 g/mol. The standard InChI is InChI=1S/C16H17N3O4/c1-11-15(8-14(9-18-11)19(22)23)16(21)17-7-6-12-2-4-13(10-20)5-3-12/h2-5,8-9,20H,6-7,10H2,1H3,(H,17,21). The number of aromatic nitrogens is 1. The molecular formula is C16H17N3O4. The Balaban J connectivity index is 1.96. The molecule has 23 heavy (non-hydrogen) atoms. The SMILES string of the molecule is Cc1ncc([N+](=O)[O-])cc1C(=O)NCCc1ccc(CO)cc1. The number of carbonyl (C=O) groups is 1. The predicted octanol–water partition coefficient (Wildman–Crippen LogP) is 1.76. The van der Waals surface area contributed by atoms with Gasteiger partial charge in [0.1, 0.15) is 6.20 Å². The highest BCUT2D eigenvalue weighted by Gasteiger charge is 2.15. The second-order valence-electron chi connectivity index (χ2n) is 5.06. The van der Waals surface area contributed by atoms with E-state index in [0.717, 1.165) is 17.3 Å². The normalized spacial score (nSPS) is 10.3. The zero-order chi connectivity index (χ0) is 16.8. The minimum absolute atomic E-state index is 0.00389. The summed E-state index contributed by atoms with van der Waals surface area (Å²) in [6.45, 7) is 2.03. The summed E-state index contributed by atoms with van der Waals surface area (Å²) < 4.78 is 0. The molecule has 7 nitrogen and oxygen atoms in total. The third kappa shape index (κ3) is 4.33. The van der Waals surface area contributed by atoms with Crippen LogP contribution >= 0.6 is 0 Å². The number of rotatable bonds is 6. The molecule has 120 valence electrons. The number of nitrogens with zero attached hydrogens (tertiary/aromatic N) is 2. The maximum absolute atomic E-state index is 12.1. The van der Waals surface area contributed by atoms with Gasteiger partial charge in [-0.3, -0.25) is 19.9 Å². The van der Waals surface area contributed by atoms with E-state index in [2.05, 4.69) is 10.3 Å². The molecule has 0 aliphatic heterocycles. The van der Waals surface area contributed by atoms with Crippen LogP contribution in [0.2, 0.25) is 0 Å². The van der Waals surface area contributed by atoms with E-state index < -0.39 is 4.92 Å². The first-order valence-electron chi connectivity index (χ1n) is 7.09. The van der Waals surface area contributed by atoms with Crippen LogP contribution in [0.5, 0.6) is 0 Å². The highest BCUT2D eigenvalue weighted by molar-refractivity contribution is 5.95. The molecule has 2 N–H and O–H groups in total. The lowest BCUT2D eigenvalue weighted by atomic mass is 10.1. The molecule has 0 aliphatic carbocycles. The maximum Gasteiger partial charge on any atom is 0.288 e. The van der Waals surface area contributed by atoms with E-state index in [4.69, 9.17) is 5.11 Å². The number of hydrogen-bond acceptors (Lipinski definition) is 5. The quantitative estimate of drug-likeness (QED) is 0.624. The first-order chi connectivity index (χ1) is 11.0. The van der Waals surface area contributed by atoms with Crippen molar-refractivity contribution in [3.63, 3.8) is 0 Å². The van der Waals surface area contributed by atoms with Crippen molar-refractivity contribution >= 4 is 11.6 Å². The molecule has 2 rings (SSSR count). The van der Waals surface area contributed by atoms with E-state index in [0.29, 0.717) is 18.7 Å². The Labute approximate surface area is 133 Å². The van der Waals surface area contributed by atoms with E-state index >= 15 is 0 Å². The smallest absolute Gasteiger partial charge is 0.288 e. The number of aryl methyl sites for hydroxylation is 1. The molecule has 2 aromatic rings. The molecule has 0 fully saturated rings. The Bertz CT molecular complexity index is 714. The van der Waals surface area contributed by atoms with Gasteiger partial charge < -0.3 is 10.4 Å². The second kappa shape index (κ2) is 7.46. The summed E-state index contributed by atoms with van der Waals surface area (Å²) in [4.78, 5) is 26.2. The van der Waals surface area contributed by atoms with Gasteiger partial charge in [-0.25, -0.2) is 0 Å². The van der Waals surface area contributed by atoms with E-state index in [1.54, 1.807) is 6.92 Å². The van der Waals surface area contributed by atoms with Crippen molar-refractivity contribution in [1.29, 1.82) is 0 Å². The Morgan fingerprint density at radius 1 is 1.30 bits per heavy atom. The molecule has 0 atom stereocenters. The van der Waals surface area contributed by atoms with Crippen LogP contribution in [-0.4, -0.2) is 27.5 Å². The van der Waals surface area contributed by atoms with E-state index in [1.807, 2.05) is 24.3 Å². The summed E-state index contributed by atoms with van der Waals surface area (Å²) >= 11 is 0. The van der Waals surface area contributed by atoms with Crippen LogP contribution < -0.4 is 5.32 Å². The van der Waals surface area contributed by atoms with Gasteiger partial charge in [-0.2, -0.15) is 0 Å². The largest absolute Gasteiger partial charge is 0.392 e. The second-order valence-corrected chi connectivity index (χ2v) is 5.06. The maximum atomic E-state index is 12.1. The summed E-state index contributed by atoms with van der Waals surface area (Å²) in [6, 6.07) is 8.65. The van der Waals surface area contributed by atoms with Crippen LogP contribution in [0.15, 0.2) is 36.5 Å². The average Bonchev–Trinajstić information content (AvgIpc) is 2.55. The number of nitro groups is 1. The number of carbonyl (C=O) groups excluding carboxylic acids is 1. The molecular weight excluding hydrogens is 298 g/mol. The van der Waals surface area contributed by atoms with Crippen molar-refractivity contribution in [3.05, 3.63) is 69.0 Å². The summed E-state index contributed by atoms with van der Waals surface area (Å²) in [6.07, 6.45) is 1.76. The summed E-state index contributed by atoms with van der Waals surface area (Å²) in [5, 5.41) is 22.5. The summed E-state index contributed by atoms with van der Waals surface area (Å²) in [5.41, 5.74) is 2.29. The molecule has 7 heteroatoms. The molecule has 0 spiro atoms. The number of amides is 1.